The maximum atomic E-state index is 12.1. The Hall–Kier alpha value is -2.34. The second-order valence-corrected chi connectivity index (χ2v) is 7.32. The molecule has 1 aliphatic rings. The maximum Gasteiger partial charge on any atom is 0.363 e. The van der Waals surface area contributed by atoms with Gasteiger partial charge in [-0.2, -0.15) is 0 Å². The Morgan fingerprint density at radius 3 is 2.59 bits per heavy atom. The van der Waals surface area contributed by atoms with E-state index in [4.69, 9.17) is 32.4 Å². The van der Waals surface area contributed by atoms with Crippen molar-refractivity contribution in [1.29, 1.82) is 0 Å². The van der Waals surface area contributed by atoms with E-state index in [0.29, 0.717) is 27.1 Å². The van der Waals surface area contributed by atoms with Crippen LogP contribution in [-0.2, 0) is 9.53 Å². The molecule has 0 bridgehead atoms. The Bertz CT molecular complexity index is 1120. The van der Waals surface area contributed by atoms with Gasteiger partial charge in [-0.3, -0.25) is 0 Å². The number of carbonyl (C=O) groups excluding carboxylic acids is 1. The third kappa shape index (κ3) is 3.72. The number of benzene rings is 2. The molecule has 3 aromatic rings. The van der Waals surface area contributed by atoms with Crippen LogP contribution in [0.15, 0.2) is 74.2 Å². The van der Waals surface area contributed by atoms with Gasteiger partial charge in [0.05, 0.1) is 10.0 Å². The summed E-state index contributed by atoms with van der Waals surface area (Å²) in [6, 6.07) is 16.2. The molecule has 0 saturated heterocycles. The zero-order chi connectivity index (χ0) is 19.0. The lowest BCUT2D eigenvalue weighted by Gasteiger charge is -2.01. The van der Waals surface area contributed by atoms with Gasteiger partial charge in [-0.15, -0.1) is 0 Å². The second-order valence-electron chi connectivity index (χ2n) is 5.65. The van der Waals surface area contributed by atoms with Crippen LogP contribution in [0.25, 0.3) is 17.4 Å². The largest absolute Gasteiger partial charge is 0.457 e. The molecule has 134 valence electrons. The van der Waals surface area contributed by atoms with E-state index < -0.39 is 5.97 Å². The number of ether oxygens (including phenoxy) is 1. The minimum Gasteiger partial charge on any atom is -0.457 e. The van der Waals surface area contributed by atoms with Crippen LogP contribution in [0.1, 0.15) is 11.3 Å². The van der Waals surface area contributed by atoms with E-state index in [1.165, 1.54) is 6.08 Å². The highest BCUT2D eigenvalue weighted by molar-refractivity contribution is 9.10. The molecule has 0 spiro atoms. The predicted octanol–water partition coefficient (Wildman–Crippen LogP) is 6.36. The second kappa shape index (κ2) is 7.35. The normalized spacial score (nSPS) is 15.1. The lowest BCUT2D eigenvalue weighted by Crippen LogP contribution is -2.05. The van der Waals surface area contributed by atoms with E-state index in [1.54, 1.807) is 24.3 Å². The number of carbonyl (C=O) groups is 1. The average molecular weight is 463 g/mol. The lowest BCUT2D eigenvalue weighted by molar-refractivity contribution is -0.129. The Morgan fingerprint density at radius 1 is 1.00 bits per heavy atom. The summed E-state index contributed by atoms with van der Waals surface area (Å²) in [5.41, 5.74) is 1.62. The number of rotatable bonds is 3. The van der Waals surface area contributed by atoms with Crippen LogP contribution >= 0.6 is 39.1 Å². The van der Waals surface area contributed by atoms with Gasteiger partial charge in [-0.1, -0.05) is 57.3 Å². The lowest BCUT2D eigenvalue weighted by atomic mass is 10.2. The Balaban J connectivity index is 1.64. The summed E-state index contributed by atoms with van der Waals surface area (Å²) >= 11 is 15.4. The molecule has 4 nitrogen and oxygen atoms in total. The summed E-state index contributed by atoms with van der Waals surface area (Å²) in [6.07, 6.45) is 1.53. The first-order valence-electron chi connectivity index (χ1n) is 7.84. The summed E-state index contributed by atoms with van der Waals surface area (Å²) in [7, 11) is 0. The molecule has 4 rings (SSSR count). The zero-order valence-electron chi connectivity index (χ0n) is 13.6. The van der Waals surface area contributed by atoms with Crippen LogP contribution in [0, 0.1) is 0 Å². The van der Waals surface area contributed by atoms with Crippen molar-refractivity contribution in [3.05, 3.63) is 86.1 Å². The standard InChI is InChI=1S/C20H10BrCl2NO3/c21-14-4-2-1-3-13(14)18-8-6-12(26-18)10-17-20(25)27-19(24-17)11-5-7-15(22)16(23)9-11/h1-10H/b17-10-. The topological polar surface area (TPSA) is 51.8 Å². The fourth-order valence-corrected chi connectivity index (χ4v) is 3.31. The number of esters is 1. The van der Waals surface area contributed by atoms with Crippen LogP contribution in [0.5, 0.6) is 0 Å². The van der Waals surface area contributed by atoms with Crippen molar-refractivity contribution < 1.29 is 13.9 Å². The maximum absolute atomic E-state index is 12.1. The van der Waals surface area contributed by atoms with E-state index >= 15 is 0 Å². The van der Waals surface area contributed by atoms with Gasteiger partial charge in [-0.25, -0.2) is 9.79 Å². The van der Waals surface area contributed by atoms with Gasteiger partial charge in [0.25, 0.3) is 0 Å². The van der Waals surface area contributed by atoms with Crippen molar-refractivity contribution in [3.63, 3.8) is 0 Å². The molecule has 2 aromatic carbocycles. The molecule has 0 radical (unpaired) electrons. The first-order valence-corrected chi connectivity index (χ1v) is 9.39. The Labute approximate surface area is 173 Å². The third-order valence-electron chi connectivity index (χ3n) is 3.83. The summed E-state index contributed by atoms with van der Waals surface area (Å²) in [5.74, 6) is 0.776. The fourth-order valence-electron chi connectivity index (χ4n) is 2.53. The van der Waals surface area contributed by atoms with Gasteiger partial charge in [0.2, 0.25) is 5.90 Å². The number of furan rings is 1. The number of hydrogen-bond donors (Lipinski definition) is 0. The van der Waals surface area contributed by atoms with Gasteiger partial charge < -0.3 is 9.15 Å². The quantitative estimate of drug-likeness (QED) is 0.336. The molecule has 0 unspecified atom stereocenters. The Morgan fingerprint density at radius 2 is 1.81 bits per heavy atom. The van der Waals surface area contributed by atoms with Gasteiger partial charge >= 0.3 is 5.97 Å². The molecule has 0 amide bonds. The number of cyclic esters (lactones) is 1. The summed E-state index contributed by atoms with van der Waals surface area (Å²) in [5, 5.41) is 0.769. The predicted molar refractivity (Wildman–Crippen MR) is 109 cm³/mol. The molecule has 0 N–H and O–H groups in total. The van der Waals surface area contributed by atoms with Crippen molar-refractivity contribution in [2.45, 2.75) is 0 Å². The molecule has 1 aromatic heterocycles. The molecule has 2 heterocycles. The molecule has 27 heavy (non-hydrogen) atoms. The third-order valence-corrected chi connectivity index (χ3v) is 5.26. The first kappa shape index (κ1) is 18.0. The van der Waals surface area contributed by atoms with Crippen molar-refractivity contribution in [2.24, 2.45) is 4.99 Å². The number of aliphatic imine (C=N–C) groups is 1. The molecular weight excluding hydrogens is 453 g/mol. The van der Waals surface area contributed by atoms with Crippen LogP contribution < -0.4 is 0 Å². The van der Waals surface area contributed by atoms with E-state index in [2.05, 4.69) is 20.9 Å². The number of nitrogens with zero attached hydrogens (tertiary/aromatic N) is 1. The minimum atomic E-state index is -0.560. The van der Waals surface area contributed by atoms with Gasteiger partial charge in [0, 0.05) is 21.7 Å². The smallest absolute Gasteiger partial charge is 0.363 e. The van der Waals surface area contributed by atoms with Crippen molar-refractivity contribution in [2.75, 3.05) is 0 Å². The van der Waals surface area contributed by atoms with Crippen LogP contribution in [0.4, 0.5) is 0 Å². The van der Waals surface area contributed by atoms with Crippen molar-refractivity contribution in [3.8, 4) is 11.3 Å². The zero-order valence-corrected chi connectivity index (χ0v) is 16.7. The summed E-state index contributed by atoms with van der Waals surface area (Å²) < 4.78 is 12.0. The van der Waals surface area contributed by atoms with Gasteiger partial charge in [0.15, 0.2) is 5.70 Å². The average Bonchev–Trinajstić information content (AvgIpc) is 3.25. The molecule has 0 atom stereocenters. The van der Waals surface area contributed by atoms with Crippen LogP contribution in [-0.4, -0.2) is 11.9 Å². The Kier molecular flexibility index (Phi) is 4.91. The van der Waals surface area contributed by atoms with Gasteiger partial charge in [-0.05, 0) is 36.4 Å². The van der Waals surface area contributed by atoms with Crippen LogP contribution in [0.3, 0.4) is 0 Å². The summed E-state index contributed by atoms with van der Waals surface area (Å²) in [6.45, 7) is 0. The summed E-state index contributed by atoms with van der Waals surface area (Å²) in [4.78, 5) is 16.4. The number of hydrogen-bond acceptors (Lipinski definition) is 4. The van der Waals surface area contributed by atoms with E-state index in [9.17, 15) is 4.79 Å². The molecule has 0 fully saturated rings. The van der Waals surface area contributed by atoms with E-state index in [1.807, 2.05) is 30.3 Å². The molecule has 0 aliphatic carbocycles. The molecular formula is C20H10BrCl2NO3. The molecule has 0 saturated carbocycles. The molecule has 1 aliphatic heterocycles. The fraction of sp³-hybridized carbons (Fsp3) is 0. The van der Waals surface area contributed by atoms with Crippen molar-refractivity contribution in [1.82, 2.24) is 0 Å². The first-order chi connectivity index (χ1) is 13.0. The van der Waals surface area contributed by atoms with Crippen LogP contribution in [0.2, 0.25) is 10.0 Å². The minimum absolute atomic E-state index is 0.143. The highest BCUT2D eigenvalue weighted by atomic mass is 79.9. The highest BCUT2D eigenvalue weighted by Gasteiger charge is 2.25. The SMILES string of the molecule is O=C1OC(c2ccc(Cl)c(Cl)c2)=N/C1=C\c1ccc(-c2ccccc2Br)o1. The monoisotopic (exact) mass is 461 g/mol. The highest BCUT2D eigenvalue weighted by Crippen LogP contribution is 2.31. The van der Waals surface area contributed by atoms with Gasteiger partial charge in [0.1, 0.15) is 11.5 Å². The number of halogens is 3. The van der Waals surface area contributed by atoms with Crippen molar-refractivity contribution >= 4 is 57.1 Å². The molecule has 7 heteroatoms. The van der Waals surface area contributed by atoms with E-state index in [-0.39, 0.29) is 11.6 Å². The van der Waals surface area contributed by atoms with E-state index in [0.717, 1.165) is 10.0 Å².